The number of methoxy groups -OCH3 is 1. The predicted molar refractivity (Wildman–Crippen MR) is 73.8 cm³/mol. The molecule has 1 saturated carbocycles. The maximum Gasteiger partial charge on any atom is 0.0587 e. The first kappa shape index (κ1) is 14.3. The molecule has 0 aromatic heterocycles. The van der Waals surface area contributed by atoms with E-state index in [0.29, 0.717) is 5.41 Å². The molecular formula is C15H29NO2. The minimum Gasteiger partial charge on any atom is -0.383 e. The smallest absolute Gasteiger partial charge is 0.0587 e. The van der Waals surface area contributed by atoms with Crippen LogP contribution in [0.25, 0.3) is 0 Å². The zero-order valence-corrected chi connectivity index (χ0v) is 11.9. The Balaban J connectivity index is 1.87. The van der Waals surface area contributed by atoms with Gasteiger partial charge in [-0.2, -0.15) is 0 Å². The average Bonchev–Trinajstić information content (AvgIpc) is 2.70. The monoisotopic (exact) mass is 255 g/mol. The second-order valence-corrected chi connectivity index (χ2v) is 6.02. The van der Waals surface area contributed by atoms with Crippen molar-refractivity contribution in [3.8, 4) is 0 Å². The third-order valence-corrected chi connectivity index (χ3v) is 4.82. The van der Waals surface area contributed by atoms with E-state index in [1.54, 1.807) is 7.11 Å². The van der Waals surface area contributed by atoms with E-state index in [-0.39, 0.29) is 0 Å². The Kier molecular flexibility index (Phi) is 5.93. The van der Waals surface area contributed by atoms with Crippen molar-refractivity contribution in [2.24, 2.45) is 11.3 Å². The van der Waals surface area contributed by atoms with Crippen LogP contribution in [0.5, 0.6) is 0 Å². The molecule has 3 nitrogen and oxygen atoms in total. The molecule has 0 amide bonds. The Hall–Kier alpha value is -0.120. The first-order valence-electron chi connectivity index (χ1n) is 7.65. The molecule has 1 N–H and O–H groups in total. The van der Waals surface area contributed by atoms with E-state index in [0.717, 1.165) is 38.8 Å². The molecule has 0 aromatic rings. The van der Waals surface area contributed by atoms with Crippen molar-refractivity contribution in [1.82, 2.24) is 5.32 Å². The lowest BCUT2D eigenvalue weighted by Crippen LogP contribution is -2.42. The van der Waals surface area contributed by atoms with Gasteiger partial charge in [0.15, 0.2) is 0 Å². The highest BCUT2D eigenvalue weighted by Gasteiger charge is 2.41. The quantitative estimate of drug-likeness (QED) is 0.584. The molecule has 1 atom stereocenters. The van der Waals surface area contributed by atoms with Gasteiger partial charge in [-0.05, 0) is 25.2 Å². The van der Waals surface area contributed by atoms with E-state index >= 15 is 0 Å². The fourth-order valence-corrected chi connectivity index (χ4v) is 3.63. The fourth-order valence-electron chi connectivity index (χ4n) is 3.63. The number of rotatable bonds is 6. The van der Waals surface area contributed by atoms with Crippen molar-refractivity contribution in [2.75, 3.05) is 40.0 Å². The first-order chi connectivity index (χ1) is 8.87. The predicted octanol–water partition coefficient (Wildman–Crippen LogP) is 2.60. The van der Waals surface area contributed by atoms with Gasteiger partial charge in [0.2, 0.25) is 0 Å². The topological polar surface area (TPSA) is 30.5 Å². The highest BCUT2D eigenvalue weighted by Crippen LogP contribution is 2.43. The molecule has 1 aliphatic carbocycles. The third kappa shape index (κ3) is 3.69. The molecule has 2 aliphatic rings. The van der Waals surface area contributed by atoms with Crippen LogP contribution in [0, 0.1) is 11.3 Å². The van der Waals surface area contributed by atoms with Crippen LogP contribution in [0.1, 0.15) is 44.9 Å². The summed E-state index contributed by atoms with van der Waals surface area (Å²) < 4.78 is 10.9. The van der Waals surface area contributed by atoms with Gasteiger partial charge in [-0.1, -0.05) is 25.7 Å². The second-order valence-electron chi connectivity index (χ2n) is 6.02. The minimum atomic E-state index is 0.415. The van der Waals surface area contributed by atoms with Gasteiger partial charge in [0, 0.05) is 32.2 Å². The summed E-state index contributed by atoms with van der Waals surface area (Å²) >= 11 is 0. The molecule has 1 heterocycles. The van der Waals surface area contributed by atoms with E-state index in [2.05, 4.69) is 5.32 Å². The van der Waals surface area contributed by atoms with Crippen LogP contribution in [0.4, 0.5) is 0 Å². The molecule has 18 heavy (non-hydrogen) atoms. The second kappa shape index (κ2) is 7.46. The lowest BCUT2D eigenvalue weighted by Gasteiger charge is -2.36. The largest absolute Gasteiger partial charge is 0.383 e. The van der Waals surface area contributed by atoms with Gasteiger partial charge in [-0.15, -0.1) is 0 Å². The Bertz CT molecular complexity index is 219. The molecule has 2 rings (SSSR count). The number of ether oxygens (including phenoxy) is 2. The standard InChI is InChI=1S/C15H29NO2/c1-17-11-9-16-12-15(8-10-18-13-15)14-6-4-2-3-5-7-14/h14,16H,2-13H2,1H3. The molecule has 0 aromatic carbocycles. The van der Waals surface area contributed by atoms with Gasteiger partial charge < -0.3 is 14.8 Å². The summed E-state index contributed by atoms with van der Waals surface area (Å²) in [6.45, 7) is 4.81. The molecular weight excluding hydrogens is 226 g/mol. The summed E-state index contributed by atoms with van der Waals surface area (Å²) in [7, 11) is 1.77. The van der Waals surface area contributed by atoms with Gasteiger partial charge in [-0.25, -0.2) is 0 Å². The highest BCUT2D eigenvalue weighted by molar-refractivity contribution is 4.92. The lowest BCUT2D eigenvalue weighted by molar-refractivity contribution is 0.0920. The van der Waals surface area contributed by atoms with Crippen molar-refractivity contribution in [3.63, 3.8) is 0 Å². The van der Waals surface area contributed by atoms with Gasteiger partial charge >= 0.3 is 0 Å². The number of nitrogens with one attached hydrogen (secondary N) is 1. The summed E-state index contributed by atoms with van der Waals surface area (Å²) in [5.74, 6) is 0.873. The van der Waals surface area contributed by atoms with Crippen molar-refractivity contribution < 1.29 is 9.47 Å². The van der Waals surface area contributed by atoms with Gasteiger partial charge in [-0.3, -0.25) is 0 Å². The van der Waals surface area contributed by atoms with E-state index in [4.69, 9.17) is 9.47 Å². The maximum absolute atomic E-state index is 5.74. The molecule has 106 valence electrons. The van der Waals surface area contributed by atoms with E-state index in [9.17, 15) is 0 Å². The normalized spacial score (nSPS) is 30.5. The molecule has 2 fully saturated rings. The van der Waals surface area contributed by atoms with Crippen LogP contribution in [0.2, 0.25) is 0 Å². The zero-order valence-electron chi connectivity index (χ0n) is 11.9. The van der Waals surface area contributed by atoms with Gasteiger partial charge in [0.1, 0.15) is 0 Å². The van der Waals surface area contributed by atoms with Crippen LogP contribution in [-0.2, 0) is 9.47 Å². The van der Waals surface area contributed by atoms with Crippen LogP contribution in [0.3, 0.4) is 0 Å². The Morgan fingerprint density at radius 3 is 2.61 bits per heavy atom. The fraction of sp³-hybridized carbons (Fsp3) is 1.00. The SMILES string of the molecule is COCCNCC1(C2CCCCCC2)CCOC1. The van der Waals surface area contributed by atoms with Crippen molar-refractivity contribution in [2.45, 2.75) is 44.9 Å². The van der Waals surface area contributed by atoms with Crippen LogP contribution < -0.4 is 5.32 Å². The Morgan fingerprint density at radius 2 is 2.00 bits per heavy atom. The molecule has 0 spiro atoms. The van der Waals surface area contributed by atoms with Crippen LogP contribution in [0.15, 0.2) is 0 Å². The Morgan fingerprint density at radius 1 is 1.22 bits per heavy atom. The third-order valence-electron chi connectivity index (χ3n) is 4.82. The van der Waals surface area contributed by atoms with E-state index in [1.165, 1.54) is 44.9 Å². The molecule has 1 unspecified atom stereocenters. The molecule has 0 radical (unpaired) electrons. The summed E-state index contributed by atoms with van der Waals surface area (Å²) in [5.41, 5.74) is 0.415. The summed E-state index contributed by atoms with van der Waals surface area (Å²) in [6, 6.07) is 0. The molecule has 3 heteroatoms. The molecule has 0 bridgehead atoms. The van der Waals surface area contributed by atoms with Gasteiger partial charge in [0.05, 0.1) is 13.2 Å². The summed E-state index contributed by atoms with van der Waals surface area (Å²) in [4.78, 5) is 0. The minimum absolute atomic E-state index is 0.415. The number of hydrogen-bond acceptors (Lipinski definition) is 3. The van der Waals surface area contributed by atoms with Crippen molar-refractivity contribution >= 4 is 0 Å². The Labute approximate surface area is 112 Å². The molecule has 1 saturated heterocycles. The van der Waals surface area contributed by atoms with E-state index < -0.39 is 0 Å². The molecule has 1 aliphatic heterocycles. The lowest BCUT2D eigenvalue weighted by atomic mass is 9.71. The van der Waals surface area contributed by atoms with Crippen LogP contribution in [-0.4, -0.2) is 40.0 Å². The summed E-state index contributed by atoms with van der Waals surface area (Å²) in [6.07, 6.45) is 9.78. The first-order valence-corrected chi connectivity index (χ1v) is 7.65. The maximum atomic E-state index is 5.74. The summed E-state index contributed by atoms with van der Waals surface area (Å²) in [5, 5.41) is 3.58. The van der Waals surface area contributed by atoms with E-state index in [1.807, 2.05) is 0 Å². The van der Waals surface area contributed by atoms with Gasteiger partial charge in [0.25, 0.3) is 0 Å². The van der Waals surface area contributed by atoms with Crippen molar-refractivity contribution in [1.29, 1.82) is 0 Å². The average molecular weight is 255 g/mol. The number of hydrogen-bond donors (Lipinski definition) is 1. The zero-order chi connectivity index (χ0) is 12.7. The van der Waals surface area contributed by atoms with Crippen molar-refractivity contribution in [3.05, 3.63) is 0 Å². The highest BCUT2D eigenvalue weighted by atomic mass is 16.5. The van der Waals surface area contributed by atoms with Crippen LogP contribution >= 0.6 is 0 Å².